The highest BCUT2D eigenvalue weighted by molar-refractivity contribution is 5.28. The van der Waals surface area contributed by atoms with Crippen LogP contribution >= 0.6 is 0 Å². The average molecular weight is 191 g/mol. The van der Waals surface area contributed by atoms with Gasteiger partial charge >= 0.3 is 0 Å². The molecule has 1 aromatic carbocycles. The molecule has 1 heterocycles. The minimum Gasteiger partial charge on any atom is -0.376 e. The van der Waals surface area contributed by atoms with Crippen LogP contribution in [0.2, 0.25) is 0 Å². The molecule has 2 nitrogen and oxygen atoms in total. The minimum absolute atomic E-state index is 0.262. The Morgan fingerprint density at radius 3 is 2.57 bits per heavy atom. The lowest BCUT2D eigenvalue weighted by Crippen LogP contribution is -2.45. The van der Waals surface area contributed by atoms with Gasteiger partial charge in [-0.1, -0.05) is 24.3 Å². The third-order valence-corrected chi connectivity index (χ3v) is 2.99. The number of aryl methyl sites for hydroxylation is 1. The van der Waals surface area contributed by atoms with E-state index >= 15 is 0 Å². The molecule has 0 radical (unpaired) electrons. The van der Waals surface area contributed by atoms with Crippen molar-refractivity contribution in [3.63, 3.8) is 0 Å². The van der Waals surface area contributed by atoms with Crippen LogP contribution in [0, 0.1) is 12.8 Å². The van der Waals surface area contributed by atoms with Gasteiger partial charge in [0.25, 0.3) is 0 Å². The minimum atomic E-state index is 0.262. The number of rotatable bonds is 3. The topological polar surface area (TPSA) is 21.3 Å². The van der Waals surface area contributed by atoms with Crippen LogP contribution in [-0.2, 0) is 4.74 Å². The highest BCUT2D eigenvalue weighted by Gasteiger charge is 2.28. The van der Waals surface area contributed by atoms with Crippen LogP contribution in [0.15, 0.2) is 24.3 Å². The molecule has 2 heteroatoms. The van der Waals surface area contributed by atoms with Gasteiger partial charge in [-0.25, -0.2) is 0 Å². The Bertz CT molecular complexity index is 307. The van der Waals surface area contributed by atoms with Crippen LogP contribution in [-0.4, -0.2) is 20.2 Å². The Balaban J connectivity index is 2.22. The molecule has 0 amide bonds. The fourth-order valence-corrected chi connectivity index (χ4v) is 2.00. The average Bonchev–Trinajstić information content (AvgIpc) is 2.12. The summed E-state index contributed by atoms with van der Waals surface area (Å²) in [7, 11) is 1.80. The number of hydrogen-bond donors (Lipinski definition) is 1. The van der Waals surface area contributed by atoms with Gasteiger partial charge in [0.05, 0.1) is 6.10 Å². The van der Waals surface area contributed by atoms with Crippen molar-refractivity contribution in [2.45, 2.75) is 13.0 Å². The summed E-state index contributed by atoms with van der Waals surface area (Å²) in [5, 5.41) is 3.29. The van der Waals surface area contributed by atoms with Gasteiger partial charge in [0.2, 0.25) is 0 Å². The molecule has 1 unspecified atom stereocenters. The van der Waals surface area contributed by atoms with Crippen LogP contribution in [0.1, 0.15) is 17.2 Å². The van der Waals surface area contributed by atoms with Crippen molar-refractivity contribution in [1.29, 1.82) is 0 Å². The smallest absolute Gasteiger partial charge is 0.0876 e. The van der Waals surface area contributed by atoms with E-state index in [1.165, 1.54) is 11.1 Å². The van der Waals surface area contributed by atoms with Crippen molar-refractivity contribution >= 4 is 0 Å². The van der Waals surface area contributed by atoms with Crippen LogP contribution in [0.25, 0.3) is 0 Å². The van der Waals surface area contributed by atoms with Crippen molar-refractivity contribution in [1.82, 2.24) is 5.32 Å². The third kappa shape index (κ3) is 1.68. The normalized spacial score (nSPS) is 19.0. The lowest BCUT2D eigenvalue weighted by Gasteiger charge is -2.34. The molecule has 14 heavy (non-hydrogen) atoms. The molecule has 0 saturated carbocycles. The summed E-state index contributed by atoms with van der Waals surface area (Å²) in [5.74, 6) is 0.640. The Morgan fingerprint density at radius 2 is 2.07 bits per heavy atom. The molecule has 1 aromatic rings. The molecular weight excluding hydrogens is 174 g/mol. The van der Waals surface area contributed by atoms with E-state index in [4.69, 9.17) is 4.74 Å². The quantitative estimate of drug-likeness (QED) is 0.788. The van der Waals surface area contributed by atoms with Gasteiger partial charge in [-0.15, -0.1) is 0 Å². The van der Waals surface area contributed by atoms with Gasteiger partial charge in [-0.05, 0) is 18.1 Å². The zero-order chi connectivity index (χ0) is 9.97. The zero-order valence-corrected chi connectivity index (χ0v) is 8.79. The number of benzene rings is 1. The highest BCUT2D eigenvalue weighted by Crippen LogP contribution is 2.29. The molecule has 2 rings (SSSR count). The van der Waals surface area contributed by atoms with E-state index in [2.05, 4.69) is 36.5 Å². The van der Waals surface area contributed by atoms with Crippen LogP contribution in [0.3, 0.4) is 0 Å². The van der Waals surface area contributed by atoms with Crippen LogP contribution in [0.5, 0.6) is 0 Å². The second-order valence-corrected chi connectivity index (χ2v) is 3.93. The lowest BCUT2D eigenvalue weighted by atomic mass is 9.89. The summed E-state index contributed by atoms with van der Waals surface area (Å²) in [5.41, 5.74) is 2.66. The fourth-order valence-electron chi connectivity index (χ4n) is 2.00. The van der Waals surface area contributed by atoms with E-state index < -0.39 is 0 Å². The standard InChI is InChI=1S/C12H17NO/c1-9-5-3-4-6-11(9)12(14-2)10-7-13-8-10/h3-6,10,12-13H,7-8H2,1-2H3. The molecule has 1 aliphatic heterocycles. The number of methoxy groups -OCH3 is 1. The Kier molecular flexibility index (Phi) is 2.85. The summed E-state index contributed by atoms with van der Waals surface area (Å²) in [4.78, 5) is 0. The van der Waals surface area contributed by atoms with E-state index in [0.29, 0.717) is 5.92 Å². The summed E-state index contributed by atoms with van der Waals surface area (Å²) in [6.45, 7) is 4.30. The van der Waals surface area contributed by atoms with Gasteiger partial charge < -0.3 is 10.1 Å². The lowest BCUT2D eigenvalue weighted by molar-refractivity contribution is 0.0288. The SMILES string of the molecule is COC(c1ccccc1C)C1CNC1. The van der Waals surface area contributed by atoms with Crippen LogP contribution in [0.4, 0.5) is 0 Å². The molecule has 0 aromatic heterocycles. The maximum absolute atomic E-state index is 5.58. The second kappa shape index (κ2) is 4.11. The van der Waals surface area contributed by atoms with Crippen molar-refractivity contribution < 1.29 is 4.74 Å². The maximum Gasteiger partial charge on any atom is 0.0876 e. The van der Waals surface area contributed by atoms with Crippen molar-refractivity contribution in [3.8, 4) is 0 Å². The molecule has 0 bridgehead atoms. The maximum atomic E-state index is 5.58. The zero-order valence-electron chi connectivity index (χ0n) is 8.79. The largest absolute Gasteiger partial charge is 0.376 e. The number of hydrogen-bond acceptors (Lipinski definition) is 2. The van der Waals surface area contributed by atoms with E-state index in [1.54, 1.807) is 7.11 Å². The molecule has 76 valence electrons. The first kappa shape index (κ1) is 9.69. The Hall–Kier alpha value is -0.860. The van der Waals surface area contributed by atoms with Gasteiger partial charge in [0, 0.05) is 26.1 Å². The van der Waals surface area contributed by atoms with E-state index in [1.807, 2.05) is 0 Å². The third-order valence-electron chi connectivity index (χ3n) is 2.99. The molecule has 1 atom stereocenters. The van der Waals surface area contributed by atoms with Gasteiger partial charge in [-0.3, -0.25) is 0 Å². The van der Waals surface area contributed by atoms with Crippen molar-refractivity contribution in [2.75, 3.05) is 20.2 Å². The molecule has 1 fully saturated rings. The summed E-state index contributed by atoms with van der Waals surface area (Å²) < 4.78 is 5.58. The number of ether oxygens (including phenoxy) is 1. The molecular formula is C12H17NO. The van der Waals surface area contributed by atoms with Gasteiger partial charge in [0.1, 0.15) is 0 Å². The first-order valence-corrected chi connectivity index (χ1v) is 5.12. The summed E-state index contributed by atoms with van der Waals surface area (Å²) in [6, 6.07) is 8.47. The number of nitrogens with one attached hydrogen (secondary N) is 1. The van der Waals surface area contributed by atoms with Crippen molar-refractivity contribution in [2.24, 2.45) is 5.92 Å². The van der Waals surface area contributed by atoms with E-state index in [9.17, 15) is 0 Å². The van der Waals surface area contributed by atoms with E-state index in [0.717, 1.165) is 13.1 Å². The first-order valence-electron chi connectivity index (χ1n) is 5.12. The monoisotopic (exact) mass is 191 g/mol. The van der Waals surface area contributed by atoms with Gasteiger partial charge in [0.15, 0.2) is 0 Å². The predicted molar refractivity (Wildman–Crippen MR) is 57.3 cm³/mol. The summed E-state index contributed by atoms with van der Waals surface area (Å²) in [6.07, 6.45) is 0.262. The molecule has 0 spiro atoms. The molecule has 1 saturated heterocycles. The van der Waals surface area contributed by atoms with Gasteiger partial charge in [-0.2, -0.15) is 0 Å². The Morgan fingerprint density at radius 1 is 1.36 bits per heavy atom. The van der Waals surface area contributed by atoms with Crippen LogP contribution < -0.4 is 5.32 Å². The predicted octanol–water partition coefficient (Wildman–Crippen LogP) is 1.90. The molecule has 1 aliphatic rings. The van der Waals surface area contributed by atoms with E-state index in [-0.39, 0.29) is 6.10 Å². The highest BCUT2D eigenvalue weighted by atomic mass is 16.5. The molecule has 1 N–H and O–H groups in total. The van der Waals surface area contributed by atoms with Crippen molar-refractivity contribution in [3.05, 3.63) is 35.4 Å². The molecule has 0 aliphatic carbocycles. The Labute approximate surface area is 85.3 Å². The summed E-state index contributed by atoms with van der Waals surface area (Å²) >= 11 is 0. The second-order valence-electron chi connectivity index (χ2n) is 3.93. The fraction of sp³-hybridized carbons (Fsp3) is 0.500. The first-order chi connectivity index (χ1) is 6.83.